The molecule has 3 aromatic rings. The second kappa shape index (κ2) is 11.3. The van der Waals surface area contributed by atoms with Gasteiger partial charge in [-0.3, -0.25) is 10.2 Å². The molecule has 0 radical (unpaired) electrons. The van der Waals surface area contributed by atoms with E-state index in [1.165, 1.54) is 11.8 Å². The summed E-state index contributed by atoms with van der Waals surface area (Å²) in [5.74, 6) is 1.38. The number of amides is 2. The minimum absolute atomic E-state index is 0.109. The summed E-state index contributed by atoms with van der Waals surface area (Å²) < 4.78 is 19.0. The third kappa shape index (κ3) is 6.38. The van der Waals surface area contributed by atoms with Crippen LogP contribution in [0, 0.1) is 11.3 Å². The molecule has 0 aliphatic carbocycles. The van der Waals surface area contributed by atoms with E-state index in [2.05, 4.69) is 31.2 Å². The highest BCUT2D eigenvalue weighted by molar-refractivity contribution is 9.10. The fourth-order valence-electron chi connectivity index (χ4n) is 4.74. The van der Waals surface area contributed by atoms with Crippen LogP contribution in [0.1, 0.15) is 40.5 Å². The van der Waals surface area contributed by atoms with Crippen molar-refractivity contribution in [2.24, 2.45) is 5.92 Å². The van der Waals surface area contributed by atoms with E-state index in [9.17, 15) is 9.59 Å². The van der Waals surface area contributed by atoms with Crippen molar-refractivity contribution in [2.75, 3.05) is 19.9 Å². The number of hydrogen-bond acceptors (Lipinski definition) is 9. The Labute approximate surface area is 243 Å². The minimum Gasteiger partial charge on any atom is -0.454 e. The Morgan fingerprint density at radius 2 is 2.08 bits per heavy atom. The Morgan fingerprint density at radius 3 is 2.83 bits per heavy atom. The highest BCUT2D eigenvalue weighted by Crippen LogP contribution is 2.42. The molecule has 12 nitrogen and oxygen atoms in total. The number of carbonyl (C=O) groups is 2. The normalized spacial score (nSPS) is 17.6. The minimum atomic E-state index is -0.696. The van der Waals surface area contributed by atoms with E-state index in [0.717, 1.165) is 22.2 Å². The molecule has 2 aromatic heterocycles. The summed E-state index contributed by atoms with van der Waals surface area (Å²) in [6.07, 6.45) is 2.80. The van der Waals surface area contributed by atoms with Crippen LogP contribution in [-0.2, 0) is 16.1 Å². The highest BCUT2D eigenvalue weighted by atomic mass is 79.9. The number of benzene rings is 1. The number of piperidine rings is 1. The molecule has 3 N–H and O–H groups in total. The van der Waals surface area contributed by atoms with E-state index >= 15 is 0 Å². The number of rotatable bonds is 6. The predicted octanol–water partition coefficient (Wildman–Crippen LogP) is 4.03. The van der Waals surface area contributed by atoms with Crippen molar-refractivity contribution in [3.63, 3.8) is 0 Å². The molecule has 1 saturated heterocycles. The molecule has 4 heterocycles. The standard InChI is InChI=1S/C26H32BrN7O5S/c1-14(30-25(36)39-26(2,3)4)23(35)33-7-5-6-15(10-33)11-34-12-29-21(28)20-22(34)32-24(31-20)40-19-9-18-17(8-16(19)27)37-13-38-18/h8-9,12,14-15,28H,5-7,10-11,13H2,1-4H3,(H,30,36)(H,31,32)/t14-,15?/m0/s1. The third-order valence-electron chi connectivity index (χ3n) is 6.52. The lowest BCUT2D eigenvalue weighted by Crippen LogP contribution is -2.51. The Hall–Kier alpha value is -3.26. The van der Waals surface area contributed by atoms with Crippen molar-refractivity contribution in [1.29, 1.82) is 5.41 Å². The zero-order valence-electron chi connectivity index (χ0n) is 22.7. The highest BCUT2D eigenvalue weighted by Gasteiger charge is 2.29. The lowest BCUT2D eigenvalue weighted by atomic mass is 9.97. The molecule has 0 bridgehead atoms. The number of nitrogens with zero attached hydrogens (tertiary/aromatic N) is 4. The summed E-state index contributed by atoms with van der Waals surface area (Å²) in [7, 11) is 0. The van der Waals surface area contributed by atoms with Gasteiger partial charge in [0.1, 0.15) is 17.2 Å². The van der Waals surface area contributed by atoms with Gasteiger partial charge in [0, 0.05) is 29.0 Å². The fourth-order valence-corrected chi connectivity index (χ4v) is 6.12. The number of alkyl carbamates (subject to hydrolysis) is 1. The van der Waals surface area contributed by atoms with Gasteiger partial charge < -0.3 is 34.0 Å². The molecule has 2 aliphatic heterocycles. The molecule has 1 fully saturated rings. The van der Waals surface area contributed by atoms with Gasteiger partial charge in [-0.2, -0.15) is 0 Å². The first kappa shape index (κ1) is 28.3. The van der Waals surface area contributed by atoms with Gasteiger partial charge in [0.25, 0.3) is 0 Å². The number of ether oxygens (including phenoxy) is 3. The van der Waals surface area contributed by atoms with E-state index in [1.54, 1.807) is 38.9 Å². The van der Waals surface area contributed by atoms with Crippen molar-refractivity contribution >= 4 is 50.9 Å². The van der Waals surface area contributed by atoms with Crippen LogP contribution < -0.4 is 20.3 Å². The molecule has 0 saturated carbocycles. The van der Waals surface area contributed by atoms with Crippen LogP contribution in [0.3, 0.4) is 0 Å². The Morgan fingerprint density at radius 1 is 1.32 bits per heavy atom. The summed E-state index contributed by atoms with van der Waals surface area (Å²) in [6, 6.07) is 3.06. The predicted molar refractivity (Wildman–Crippen MR) is 150 cm³/mol. The maximum absolute atomic E-state index is 13.1. The lowest BCUT2D eigenvalue weighted by Gasteiger charge is -2.34. The van der Waals surface area contributed by atoms with Gasteiger partial charge in [-0.1, -0.05) is 11.8 Å². The van der Waals surface area contributed by atoms with Crippen LogP contribution >= 0.6 is 27.7 Å². The quantitative estimate of drug-likeness (QED) is 0.368. The molecule has 40 heavy (non-hydrogen) atoms. The number of H-pyrrole nitrogens is 1. The van der Waals surface area contributed by atoms with Crippen LogP contribution in [0.5, 0.6) is 11.5 Å². The van der Waals surface area contributed by atoms with E-state index in [-0.39, 0.29) is 24.1 Å². The van der Waals surface area contributed by atoms with Crippen molar-refractivity contribution in [1.82, 2.24) is 29.7 Å². The number of fused-ring (bicyclic) bond motifs is 2. The van der Waals surface area contributed by atoms with Crippen LogP contribution in [0.25, 0.3) is 11.2 Å². The zero-order valence-corrected chi connectivity index (χ0v) is 25.1. The van der Waals surface area contributed by atoms with E-state index < -0.39 is 17.7 Å². The van der Waals surface area contributed by atoms with Gasteiger partial charge in [-0.25, -0.2) is 14.8 Å². The second-order valence-corrected chi connectivity index (χ2v) is 12.8. The largest absolute Gasteiger partial charge is 0.454 e. The summed E-state index contributed by atoms with van der Waals surface area (Å²) >= 11 is 5.00. The zero-order chi connectivity index (χ0) is 28.6. The van der Waals surface area contributed by atoms with Crippen molar-refractivity contribution in [3.8, 4) is 11.5 Å². The molecule has 1 aromatic carbocycles. The number of aromatic nitrogens is 4. The van der Waals surface area contributed by atoms with E-state index in [1.807, 2.05) is 16.7 Å². The monoisotopic (exact) mass is 633 g/mol. The lowest BCUT2D eigenvalue weighted by molar-refractivity contribution is -0.135. The SMILES string of the molecule is C[C@H](NC(=O)OC(C)(C)C)C(=O)N1CCCC(Cn2cnc(=N)c3[nH]c(Sc4cc5c(cc4Br)OCO5)nc32)C1. The van der Waals surface area contributed by atoms with Crippen LogP contribution in [0.15, 0.2) is 33.0 Å². The summed E-state index contributed by atoms with van der Waals surface area (Å²) in [5.41, 5.74) is 0.640. The first-order chi connectivity index (χ1) is 19.0. The van der Waals surface area contributed by atoms with Crippen molar-refractivity contribution in [2.45, 2.75) is 68.8 Å². The molecule has 2 atom stereocenters. The second-order valence-electron chi connectivity index (χ2n) is 10.9. The van der Waals surface area contributed by atoms with Crippen LogP contribution in [-0.4, -0.2) is 67.9 Å². The van der Waals surface area contributed by atoms with Gasteiger partial charge in [-0.05, 0) is 74.5 Å². The Balaban J connectivity index is 1.28. The molecular weight excluding hydrogens is 602 g/mol. The molecule has 14 heteroatoms. The average molecular weight is 635 g/mol. The molecule has 5 rings (SSSR count). The van der Waals surface area contributed by atoms with Crippen molar-refractivity contribution < 1.29 is 23.8 Å². The molecule has 2 aliphatic rings. The number of carbonyl (C=O) groups excluding carboxylic acids is 2. The summed E-state index contributed by atoms with van der Waals surface area (Å²) in [5, 5.41) is 11.6. The first-order valence-corrected chi connectivity index (χ1v) is 14.6. The fraction of sp³-hybridized carbons (Fsp3) is 0.500. The van der Waals surface area contributed by atoms with E-state index in [0.29, 0.717) is 47.5 Å². The van der Waals surface area contributed by atoms with Crippen molar-refractivity contribution in [3.05, 3.63) is 28.4 Å². The number of hydrogen-bond donors (Lipinski definition) is 3. The molecule has 0 spiro atoms. The van der Waals surface area contributed by atoms with Crippen LogP contribution in [0.2, 0.25) is 0 Å². The molecule has 214 valence electrons. The van der Waals surface area contributed by atoms with Gasteiger partial charge in [-0.15, -0.1) is 0 Å². The maximum Gasteiger partial charge on any atom is 0.408 e. The van der Waals surface area contributed by atoms with Crippen LogP contribution in [0.4, 0.5) is 4.79 Å². The molecular formula is C26H32BrN7O5S. The number of imidazole rings is 1. The maximum atomic E-state index is 13.1. The molecule has 1 unspecified atom stereocenters. The Kier molecular flexibility index (Phi) is 8.00. The average Bonchev–Trinajstić information content (AvgIpc) is 3.52. The number of likely N-dealkylation sites (tertiary alicyclic amines) is 1. The smallest absolute Gasteiger partial charge is 0.408 e. The number of halogens is 1. The Bertz CT molecular complexity index is 1500. The number of aromatic amines is 1. The third-order valence-corrected chi connectivity index (χ3v) is 8.38. The van der Waals surface area contributed by atoms with Gasteiger partial charge in [0.15, 0.2) is 27.8 Å². The topological polar surface area (TPSA) is 147 Å². The van der Waals surface area contributed by atoms with Gasteiger partial charge in [0.2, 0.25) is 12.7 Å². The summed E-state index contributed by atoms with van der Waals surface area (Å²) in [4.78, 5) is 40.2. The van der Waals surface area contributed by atoms with Gasteiger partial charge >= 0.3 is 6.09 Å². The first-order valence-electron chi connectivity index (χ1n) is 13.0. The summed E-state index contributed by atoms with van der Waals surface area (Å²) in [6.45, 7) is 8.97. The van der Waals surface area contributed by atoms with E-state index in [4.69, 9.17) is 24.6 Å². The van der Waals surface area contributed by atoms with Gasteiger partial charge in [0.05, 0.1) is 6.33 Å². The molecule has 2 amide bonds. The number of nitrogens with one attached hydrogen (secondary N) is 3.